The molecule has 1 aliphatic heterocycles. The molecular formula is C21H25N5O3S. The lowest BCUT2D eigenvalue weighted by Gasteiger charge is -2.31. The fourth-order valence-corrected chi connectivity index (χ4v) is 3.94. The van der Waals surface area contributed by atoms with E-state index in [0.717, 1.165) is 43.3 Å². The summed E-state index contributed by atoms with van der Waals surface area (Å²) in [6.07, 6.45) is 0. The van der Waals surface area contributed by atoms with E-state index < -0.39 is 0 Å². The number of hydrogen-bond acceptors (Lipinski definition) is 8. The van der Waals surface area contributed by atoms with Crippen molar-refractivity contribution < 1.29 is 13.9 Å². The largest absolute Gasteiger partial charge is 0.497 e. The lowest BCUT2D eigenvalue weighted by molar-refractivity contribution is 0.102. The number of aromatic nitrogens is 2. The number of piperazine rings is 1. The summed E-state index contributed by atoms with van der Waals surface area (Å²) in [5.41, 5.74) is 1.32. The molecule has 0 unspecified atom stereocenters. The van der Waals surface area contributed by atoms with Crippen molar-refractivity contribution in [3.05, 3.63) is 47.5 Å². The zero-order chi connectivity index (χ0) is 21.1. The van der Waals surface area contributed by atoms with Crippen LogP contribution in [0.15, 0.2) is 34.7 Å². The molecule has 9 heteroatoms. The van der Waals surface area contributed by atoms with E-state index in [0.29, 0.717) is 28.8 Å². The summed E-state index contributed by atoms with van der Waals surface area (Å²) < 4.78 is 15.5. The van der Waals surface area contributed by atoms with Gasteiger partial charge in [0.05, 0.1) is 19.2 Å². The first-order valence-corrected chi connectivity index (χ1v) is 10.6. The van der Waals surface area contributed by atoms with Crippen LogP contribution in [0.5, 0.6) is 5.75 Å². The van der Waals surface area contributed by atoms with Crippen LogP contribution in [0.2, 0.25) is 0 Å². The minimum absolute atomic E-state index is 0.257. The maximum atomic E-state index is 12.8. The van der Waals surface area contributed by atoms with Crippen LogP contribution in [-0.2, 0) is 6.54 Å². The number of anilines is 1. The molecule has 3 heterocycles. The third-order valence-electron chi connectivity index (χ3n) is 5.17. The maximum absolute atomic E-state index is 12.8. The topological polar surface area (TPSA) is 83.7 Å². The van der Waals surface area contributed by atoms with Crippen molar-refractivity contribution in [3.63, 3.8) is 0 Å². The standard InChI is InChI=1S/C21H25N5O3S/c1-14-17(12-18(29-14)15-5-4-6-16(11-15)28-3)20(27)23-21-22-19(24-30-21)13-26-9-7-25(2)8-10-26/h4-6,11-12H,7-10,13H2,1-3H3,(H,22,23,24,27). The van der Waals surface area contributed by atoms with Gasteiger partial charge < -0.3 is 14.1 Å². The van der Waals surface area contributed by atoms with Crippen LogP contribution < -0.4 is 10.1 Å². The normalized spacial score (nSPS) is 15.3. The molecule has 0 saturated carbocycles. The number of likely N-dealkylation sites (N-methyl/N-ethyl adjacent to an activating group) is 1. The molecule has 4 rings (SSSR count). The van der Waals surface area contributed by atoms with Crippen molar-refractivity contribution in [1.29, 1.82) is 0 Å². The molecule has 0 bridgehead atoms. The monoisotopic (exact) mass is 427 g/mol. The van der Waals surface area contributed by atoms with Gasteiger partial charge >= 0.3 is 0 Å². The Kier molecular flexibility index (Phi) is 6.12. The van der Waals surface area contributed by atoms with Gasteiger partial charge in [0, 0.05) is 43.3 Å². The molecule has 8 nitrogen and oxygen atoms in total. The molecule has 1 saturated heterocycles. The Morgan fingerprint density at radius 3 is 2.83 bits per heavy atom. The van der Waals surface area contributed by atoms with Crippen molar-refractivity contribution in [3.8, 4) is 17.1 Å². The third kappa shape index (κ3) is 4.69. The predicted molar refractivity (Wildman–Crippen MR) is 116 cm³/mol. The van der Waals surface area contributed by atoms with Crippen molar-refractivity contribution >= 4 is 22.6 Å². The zero-order valence-corrected chi connectivity index (χ0v) is 18.2. The second-order valence-electron chi connectivity index (χ2n) is 7.36. The average Bonchev–Trinajstić information content (AvgIpc) is 3.36. The number of amides is 1. The Balaban J connectivity index is 1.42. The van der Waals surface area contributed by atoms with E-state index in [1.165, 1.54) is 11.5 Å². The molecule has 1 aliphatic rings. The summed E-state index contributed by atoms with van der Waals surface area (Å²) in [4.78, 5) is 21.9. The number of furan rings is 1. The van der Waals surface area contributed by atoms with E-state index in [9.17, 15) is 4.79 Å². The molecule has 30 heavy (non-hydrogen) atoms. The number of carbonyl (C=O) groups excluding carboxylic acids is 1. The summed E-state index contributed by atoms with van der Waals surface area (Å²) in [6, 6.07) is 9.27. The number of nitrogens with one attached hydrogen (secondary N) is 1. The Morgan fingerprint density at radius 2 is 2.07 bits per heavy atom. The lowest BCUT2D eigenvalue weighted by Crippen LogP contribution is -2.44. The number of nitrogens with zero attached hydrogens (tertiary/aromatic N) is 4. The van der Waals surface area contributed by atoms with Crippen LogP contribution in [0.3, 0.4) is 0 Å². The van der Waals surface area contributed by atoms with Crippen molar-refractivity contribution in [2.75, 3.05) is 45.7 Å². The van der Waals surface area contributed by atoms with Gasteiger partial charge in [-0.15, -0.1) is 0 Å². The molecule has 1 amide bonds. The van der Waals surface area contributed by atoms with E-state index in [2.05, 4.69) is 31.5 Å². The highest BCUT2D eigenvalue weighted by molar-refractivity contribution is 7.09. The Labute approximate surface area is 179 Å². The van der Waals surface area contributed by atoms with Crippen LogP contribution >= 0.6 is 11.5 Å². The summed E-state index contributed by atoms with van der Waals surface area (Å²) in [7, 11) is 3.75. The highest BCUT2D eigenvalue weighted by atomic mass is 32.1. The fraction of sp³-hybridized carbons (Fsp3) is 0.381. The molecule has 158 valence electrons. The number of rotatable bonds is 6. The van der Waals surface area contributed by atoms with Crippen LogP contribution in [-0.4, -0.2) is 65.4 Å². The second-order valence-corrected chi connectivity index (χ2v) is 8.11. The zero-order valence-electron chi connectivity index (χ0n) is 17.3. The summed E-state index contributed by atoms with van der Waals surface area (Å²) in [5, 5.41) is 3.34. The van der Waals surface area contributed by atoms with Gasteiger partial charge in [0.15, 0.2) is 5.82 Å². The van der Waals surface area contributed by atoms with Crippen LogP contribution in [0, 0.1) is 6.92 Å². The van der Waals surface area contributed by atoms with Crippen LogP contribution in [0.25, 0.3) is 11.3 Å². The summed E-state index contributed by atoms with van der Waals surface area (Å²) in [6.45, 7) is 6.56. The van der Waals surface area contributed by atoms with E-state index in [1.807, 2.05) is 24.3 Å². The van der Waals surface area contributed by atoms with E-state index in [-0.39, 0.29) is 5.91 Å². The number of methoxy groups -OCH3 is 1. The minimum Gasteiger partial charge on any atom is -0.497 e. The Hall–Kier alpha value is -2.75. The number of benzene rings is 1. The molecule has 3 aromatic rings. The Morgan fingerprint density at radius 1 is 1.27 bits per heavy atom. The first kappa shape index (κ1) is 20.5. The lowest BCUT2D eigenvalue weighted by atomic mass is 10.1. The number of hydrogen-bond donors (Lipinski definition) is 1. The maximum Gasteiger partial charge on any atom is 0.261 e. The average molecular weight is 428 g/mol. The van der Waals surface area contributed by atoms with Gasteiger partial charge in [-0.2, -0.15) is 4.37 Å². The molecule has 1 N–H and O–H groups in total. The highest BCUT2D eigenvalue weighted by Gasteiger charge is 2.19. The van der Waals surface area contributed by atoms with Crippen LogP contribution in [0.1, 0.15) is 21.9 Å². The number of ether oxygens (including phenoxy) is 1. The molecule has 0 radical (unpaired) electrons. The van der Waals surface area contributed by atoms with Gasteiger partial charge in [-0.3, -0.25) is 15.0 Å². The first-order chi connectivity index (χ1) is 14.5. The van der Waals surface area contributed by atoms with Gasteiger partial charge in [-0.25, -0.2) is 4.98 Å². The molecule has 1 fully saturated rings. The van der Waals surface area contributed by atoms with E-state index >= 15 is 0 Å². The predicted octanol–water partition coefficient (Wildman–Crippen LogP) is 3.11. The molecule has 0 aliphatic carbocycles. The van der Waals surface area contributed by atoms with Gasteiger partial charge in [0.1, 0.15) is 17.3 Å². The molecule has 2 aromatic heterocycles. The van der Waals surface area contributed by atoms with Crippen LogP contribution in [0.4, 0.5) is 5.13 Å². The molecule has 0 spiro atoms. The SMILES string of the molecule is COc1cccc(-c2cc(C(=O)Nc3nc(CN4CCN(C)CC4)ns3)c(C)o2)c1. The highest BCUT2D eigenvalue weighted by Crippen LogP contribution is 2.28. The number of carbonyl (C=O) groups is 1. The summed E-state index contributed by atoms with van der Waals surface area (Å²) in [5.74, 6) is 2.37. The van der Waals surface area contributed by atoms with Gasteiger partial charge in [0.2, 0.25) is 5.13 Å². The number of aryl methyl sites for hydroxylation is 1. The van der Waals surface area contributed by atoms with Crippen molar-refractivity contribution in [1.82, 2.24) is 19.2 Å². The van der Waals surface area contributed by atoms with Crippen molar-refractivity contribution in [2.45, 2.75) is 13.5 Å². The molecule has 1 aromatic carbocycles. The smallest absolute Gasteiger partial charge is 0.261 e. The quantitative estimate of drug-likeness (QED) is 0.647. The van der Waals surface area contributed by atoms with E-state index in [1.54, 1.807) is 20.1 Å². The molecular weight excluding hydrogens is 402 g/mol. The molecule has 0 atom stereocenters. The van der Waals surface area contributed by atoms with Gasteiger partial charge in [-0.05, 0) is 32.2 Å². The van der Waals surface area contributed by atoms with E-state index in [4.69, 9.17) is 9.15 Å². The fourth-order valence-electron chi connectivity index (χ4n) is 3.37. The van der Waals surface area contributed by atoms with Crippen molar-refractivity contribution in [2.24, 2.45) is 0 Å². The first-order valence-electron chi connectivity index (χ1n) is 9.81. The van der Waals surface area contributed by atoms with Gasteiger partial charge in [0.25, 0.3) is 5.91 Å². The third-order valence-corrected chi connectivity index (χ3v) is 5.83. The minimum atomic E-state index is -0.257. The van der Waals surface area contributed by atoms with Gasteiger partial charge in [-0.1, -0.05) is 12.1 Å². The Bertz CT molecular complexity index is 1020. The summed E-state index contributed by atoms with van der Waals surface area (Å²) >= 11 is 1.20. The second kappa shape index (κ2) is 8.95.